The van der Waals surface area contributed by atoms with Crippen molar-refractivity contribution in [2.24, 2.45) is 0 Å². The number of nitrogens with one attached hydrogen (secondary N) is 2. The molecule has 13 heteroatoms. The number of ether oxygens (including phenoxy) is 4. The Morgan fingerprint density at radius 2 is 1.71 bits per heavy atom. The third-order valence-electron chi connectivity index (χ3n) is 4.56. The van der Waals surface area contributed by atoms with Gasteiger partial charge in [-0.1, -0.05) is 0 Å². The number of carbonyl (C=O) groups excluding carboxylic acids is 3. The largest absolute Gasteiger partial charge is 0.466 e. The van der Waals surface area contributed by atoms with Gasteiger partial charge in [0.1, 0.15) is 18.0 Å². The van der Waals surface area contributed by atoms with Crippen LogP contribution in [-0.4, -0.2) is 64.3 Å². The summed E-state index contributed by atoms with van der Waals surface area (Å²) in [7, 11) is 2.17. The number of alkyl carbamates (subject to hydrolysis) is 1. The first-order valence-corrected chi connectivity index (χ1v) is 10.5. The van der Waals surface area contributed by atoms with E-state index in [-0.39, 0.29) is 49.1 Å². The number of methoxy groups -OCH3 is 2. The first-order chi connectivity index (χ1) is 16.3. The van der Waals surface area contributed by atoms with Crippen LogP contribution < -0.4 is 15.5 Å². The molecule has 2 N–H and O–H groups in total. The lowest BCUT2D eigenvalue weighted by atomic mass is 10.1. The molecule has 0 aliphatic carbocycles. The third kappa shape index (κ3) is 7.50. The molecule has 0 aromatic heterocycles. The van der Waals surface area contributed by atoms with Gasteiger partial charge in [-0.15, -0.1) is 0 Å². The van der Waals surface area contributed by atoms with Gasteiger partial charge in [-0.05, 0) is 39.0 Å². The molecule has 1 aliphatic rings. The molecule has 1 aliphatic heterocycles. The highest BCUT2D eigenvalue weighted by Crippen LogP contribution is 2.38. The molecule has 0 spiro atoms. The number of carbonyl (C=O) groups is 3. The Labute approximate surface area is 200 Å². The van der Waals surface area contributed by atoms with E-state index in [2.05, 4.69) is 15.4 Å². The second-order valence-corrected chi connectivity index (χ2v) is 8.30. The molecule has 2 rings (SSSR count). The molecule has 1 aromatic carbocycles. The molecule has 1 aromatic rings. The SMILES string of the molecule is COC(=O)C1=C(C(=O)OC)N(c2cc(C(F)(F)F)ccc2NCCNC(=O)OC(C)(C)C)COC1. The summed E-state index contributed by atoms with van der Waals surface area (Å²) in [5, 5.41) is 5.44. The van der Waals surface area contributed by atoms with Gasteiger partial charge < -0.3 is 34.5 Å². The van der Waals surface area contributed by atoms with Gasteiger partial charge in [0, 0.05) is 13.1 Å². The van der Waals surface area contributed by atoms with Crippen LogP contribution >= 0.6 is 0 Å². The summed E-state index contributed by atoms with van der Waals surface area (Å²) in [6, 6.07) is 2.85. The van der Waals surface area contributed by atoms with E-state index in [0.29, 0.717) is 0 Å². The van der Waals surface area contributed by atoms with Gasteiger partial charge in [-0.2, -0.15) is 13.2 Å². The second-order valence-electron chi connectivity index (χ2n) is 8.30. The smallest absolute Gasteiger partial charge is 0.416 e. The maximum Gasteiger partial charge on any atom is 0.416 e. The van der Waals surface area contributed by atoms with Crippen LogP contribution in [0.1, 0.15) is 26.3 Å². The lowest BCUT2D eigenvalue weighted by Gasteiger charge is -2.33. The normalized spacial score (nSPS) is 14.3. The van der Waals surface area contributed by atoms with Crippen molar-refractivity contribution < 1.29 is 46.5 Å². The minimum atomic E-state index is -4.68. The monoisotopic (exact) mass is 503 g/mol. The first-order valence-electron chi connectivity index (χ1n) is 10.5. The van der Waals surface area contributed by atoms with Gasteiger partial charge in [0.05, 0.1) is 43.3 Å². The number of nitrogens with zero attached hydrogens (tertiary/aromatic N) is 1. The summed E-state index contributed by atoms with van der Waals surface area (Å²) in [6.45, 7) is 4.66. The lowest BCUT2D eigenvalue weighted by molar-refractivity contribution is -0.140. The van der Waals surface area contributed by atoms with E-state index in [1.165, 1.54) is 6.07 Å². The van der Waals surface area contributed by atoms with Crippen LogP contribution in [0, 0.1) is 0 Å². The molecule has 0 radical (unpaired) electrons. The standard InChI is InChI=1S/C22H28F3N3O7/c1-21(2,3)35-20(31)27-9-8-26-15-7-6-13(22(23,24)25)10-16(15)28-12-34-11-14(18(29)32-4)17(28)19(30)33-5/h6-7,10,26H,8-9,11-12H2,1-5H3,(H,27,31). The van der Waals surface area contributed by atoms with Crippen LogP contribution in [0.5, 0.6) is 0 Å². The average Bonchev–Trinajstić information content (AvgIpc) is 2.78. The van der Waals surface area contributed by atoms with Crippen LogP contribution in [0.4, 0.5) is 29.3 Å². The van der Waals surface area contributed by atoms with Crippen molar-refractivity contribution in [3.05, 3.63) is 35.0 Å². The number of amides is 1. The Kier molecular flexibility index (Phi) is 8.96. The summed E-state index contributed by atoms with van der Waals surface area (Å²) < 4.78 is 60.3. The van der Waals surface area contributed by atoms with E-state index in [1.54, 1.807) is 20.8 Å². The molecule has 0 atom stereocenters. The van der Waals surface area contributed by atoms with E-state index in [9.17, 15) is 27.6 Å². The molecule has 0 unspecified atom stereocenters. The molecular weight excluding hydrogens is 475 g/mol. The quantitative estimate of drug-likeness (QED) is 0.329. The van der Waals surface area contributed by atoms with Crippen molar-refractivity contribution in [1.82, 2.24) is 5.32 Å². The Morgan fingerprint density at radius 1 is 1.06 bits per heavy atom. The highest BCUT2D eigenvalue weighted by Gasteiger charge is 2.36. The number of hydrogen-bond donors (Lipinski definition) is 2. The zero-order valence-corrected chi connectivity index (χ0v) is 20.0. The van der Waals surface area contributed by atoms with Crippen molar-refractivity contribution in [2.75, 3.05) is 50.9 Å². The van der Waals surface area contributed by atoms with E-state index >= 15 is 0 Å². The summed E-state index contributed by atoms with van der Waals surface area (Å²) in [5.41, 5.74) is -2.11. The molecule has 35 heavy (non-hydrogen) atoms. The molecular formula is C22H28F3N3O7. The number of alkyl halides is 3. The summed E-state index contributed by atoms with van der Waals surface area (Å²) >= 11 is 0. The summed E-state index contributed by atoms with van der Waals surface area (Å²) in [5.74, 6) is -1.85. The molecule has 0 saturated carbocycles. The van der Waals surface area contributed by atoms with E-state index in [1.807, 2.05) is 0 Å². The first kappa shape index (κ1) is 27.8. The van der Waals surface area contributed by atoms with Crippen LogP contribution in [0.15, 0.2) is 29.5 Å². The maximum atomic E-state index is 13.5. The van der Waals surface area contributed by atoms with Gasteiger partial charge >= 0.3 is 24.2 Å². The van der Waals surface area contributed by atoms with Crippen molar-refractivity contribution in [1.29, 1.82) is 0 Å². The number of benzene rings is 1. The van der Waals surface area contributed by atoms with Gasteiger partial charge in [0.2, 0.25) is 0 Å². The Bertz CT molecular complexity index is 987. The predicted octanol–water partition coefficient (Wildman–Crippen LogP) is 3.04. The maximum absolute atomic E-state index is 13.5. The Hall–Kier alpha value is -3.48. The van der Waals surface area contributed by atoms with Crippen LogP contribution in [0.25, 0.3) is 0 Å². The van der Waals surface area contributed by atoms with E-state index in [4.69, 9.17) is 14.2 Å². The second kappa shape index (κ2) is 11.3. The van der Waals surface area contributed by atoms with Crippen molar-refractivity contribution in [2.45, 2.75) is 32.5 Å². The van der Waals surface area contributed by atoms with Crippen molar-refractivity contribution in [3.63, 3.8) is 0 Å². The number of halogens is 3. The fourth-order valence-corrected chi connectivity index (χ4v) is 3.09. The highest BCUT2D eigenvalue weighted by molar-refractivity contribution is 6.04. The zero-order valence-electron chi connectivity index (χ0n) is 20.0. The molecule has 1 heterocycles. The molecule has 1 amide bonds. The van der Waals surface area contributed by atoms with E-state index < -0.39 is 35.4 Å². The number of hydrogen-bond acceptors (Lipinski definition) is 9. The average molecular weight is 503 g/mol. The molecule has 0 bridgehead atoms. The Balaban J connectivity index is 2.40. The van der Waals surface area contributed by atoms with Gasteiger partial charge in [-0.3, -0.25) is 0 Å². The number of esters is 2. The van der Waals surface area contributed by atoms with Gasteiger partial charge in [0.25, 0.3) is 0 Å². The molecule has 0 saturated heterocycles. The van der Waals surface area contributed by atoms with Crippen molar-refractivity contribution >= 4 is 29.4 Å². The summed E-state index contributed by atoms with van der Waals surface area (Å²) in [4.78, 5) is 37.7. The van der Waals surface area contributed by atoms with Crippen LogP contribution in [0.2, 0.25) is 0 Å². The third-order valence-corrected chi connectivity index (χ3v) is 4.56. The van der Waals surface area contributed by atoms with Gasteiger partial charge in [0.15, 0.2) is 0 Å². The predicted molar refractivity (Wildman–Crippen MR) is 119 cm³/mol. The topological polar surface area (TPSA) is 115 Å². The minimum Gasteiger partial charge on any atom is -0.466 e. The minimum absolute atomic E-state index is 0.0823. The van der Waals surface area contributed by atoms with Crippen LogP contribution in [0.3, 0.4) is 0 Å². The van der Waals surface area contributed by atoms with Gasteiger partial charge in [-0.25, -0.2) is 14.4 Å². The molecule has 194 valence electrons. The highest BCUT2D eigenvalue weighted by atomic mass is 19.4. The van der Waals surface area contributed by atoms with Crippen LogP contribution in [-0.2, 0) is 34.7 Å². The van der Waals surface area contributed by atoms with E-state index in [0.717, 1.165) is 31.3 Å². The number of anilines is 2. The lowest BCUT2D eigenvalue weighted by Crippen LogP contribution is -2.39. The van der Waals surface area contributed by atoms with Crippen molar-refractivity contribution in [3.8, 4) is 0 Å². The molecule has 0 fully saturated rings. The number of rotatable bonds is 7. The Morgan fingerprint density at radius 3 is 2.29 bits per heavy atom. The zero-order chi connectivity index (χ0) is 26.4. The fraction of sp³-hybridized carbons (Fsp3) is 0.500. The fourth-order valence-electron chi connectivity index (χ4n) is 3.09. The molecule has 10 nitrogen and oxygen atoms in total. The summed E-state index contributed by atoms with van der Waals surface area (Å²) in [6.07, 6.45) is -5.34.